The Bertz CT molecular complexity index is 638. The first-order chi connectivity index (χ1) is 11.0. The van der Waals surface area contributed by atoms with Gasteiger partial charge in [-0.3, -0.25) is 14.9 Å². The summed E-state index contributed by atoms with van der Waals surface area (Å²) in [5.74, 6) is -0.428. The van der Waals surface area contributed by atoms with Gasteiger partial charge in [0.05, 0.1) is 18.1 Å². The fourth-order valence-electron chi connectivity index (χ4n) is 2.70. The molecule has 0 spiro atoms. The summed E-state index contributed by atoms with van der Waals surface area (Å²) in [4.78, 5) is 35.8. The molecule has 1 aliphatic rings. The topological polar surface area (TPSA) is 89.8 Å². The van der Waals surface area contributed by atoms with Gasteiger partial charge in [-0.05, 0) is 18.1 Å². The highest BCUT2D eigenvalue weighted by atomic mass is 16.6. The highest BCUT2D eigenvalue weighted by Gasteiger charge is 2.33. The van der Waals surface area contributed by atoms with Gasteiger partial charge in [-0.2, -0.15) is 0 Å². The molecule has 2 unspecified atom stereocenters. The minimum Gasteiger partial charge on any atom is -0.467 e. The van der Waals surface area contributed by atoms with Crippen molar-refractivity contribution in [1.82, 2.24) is 4.90 Å². The van der Waals surface area contributed by atoms with Crippen LogP contribution in [-0.2, 0) is 14.3 Å². The Morgan fingerprint density at radius 3 is 2.61 bits per heavy atom. The molecular formula is C16H18N2O5. The van der Waals surface area contributed by atoms with Crippen molar-refractivity contribution < 1.29 is 19.2 Å². The maximum absolute atomic E-state index is 12.0. The van der Waals surface area contributed by atoms with Gasteiger partial charge in [0.25, 0.3) is 5.69 Å². The highest BCUT2D eigenvalue weighted by Crippen LogP contribution is 2.32. The van der Waals surface area contributed by atoms with E-state index in [9.17, 15) is 19.7 Å². The molecule has 1 aliphatic heterocycles. The predicted molar refractivity (Wildman–Crippen MR) is 82.5 cm³/mol. The number of carbonyl (C=O) groups is 2. The summed E-state index contributed by atoms with van der Waals surface area (Å²) < 4.78 is 4.83. The third-order valence-corrected chi connectivity index (χ3v) is 3.90. The van der Waals surface area contributed by atoms with Crippen LogP contribution in [0.5, 0.6) is 0 Å². The van der Waals surface area contributed by atoms with Gasteiger partial charge in [0.15, 0.2) is 5.78 Å². The molecule has 7 heteroatoms. The minimum atomic E-state index is -0.510. The van der Waals surface area contributed by atoms with Crippen molar-refractivity contribution in [3.8, 4) is 0 Å². The number of ether oxygens (including phenoxy) is 1. The number of nitro benzene ring substituents is 1. The molecule has 23 heavy (non-hydrogen) atoms. The van der Waals surface area contributed by atoms with E-state index >= 15 is 0 Å². The van der Waals surface area contributed by atoms with Crippen molar-refractivity contribution in [2.24, 2.45) is 0 Å². The van der Waals surface area contributed by atoms with Gasteiger partial charge in [-0.1, -0.05) is 19.1 Å². The standard InChI is InChI=1S/C16H18N2O5/c1-3-14(16(20)23-2)17-9-8-13(19)10-15(17)11-4-6-12(7-5-11)18(21)22/h4-9,14-15H,3,10H2,1-2H3. The van der Waals surface area contributed by atoms with E-state index in [0.29, 0.717) is 6.42 Å². The lowest BCUT2D eigenvalue weighted by Crippen LogP contribution is -2.42. The van der Waals surface area contributed by atoms with E-state index in [4.69, 9.17) is 4.74 Å². The van der Waals surface area contributed by atoms with Crippen molar-refractivity contribution >= 4 is 17.4 Å². The van der Waals surface area contributed by atoms with Crippen LogP contribution < -0.4 is 0 Å². The van der Waals surface area contributed by atoms with Gasteiger partial charge in [-0.15, -0.1) is 0 Å². The Labute approximate surface area is 133 Å². The first-order valence-corrected chi connectivity index (χ1v) is 7.28. The second-order valence-corrected chi connectivity index (χ2v) is 5.25. The smallest absolute Gasteiger partial charge is 0.328 e. The number of nitro groups is 1. The zero-order chi connectivity index (χ0) is 17.0. The molecular weight excluding hydrogens is 300 g/mol. The van der Waals surface area contributed by atoms with Crippen molar-refractivity contribution in [3.63, 3.8) is 0 Å². The third kappa shape index (κ3) is 3.56. The number of hydrogen-bond donors (Lipinski definition) is 0. The SMILES string of the molecule is CCC(C(=O)OC)N1C=CC(=O)CC1c1ccc([N+](=O)[O-])cc1. The van der Waals surface area contributed by atoms with Crippen LogP contribution in [0.3, 0.4) is 0 Å². The molecule has 0 saturated heterocycles. The summed E-state index contributed by atoms with van der Waals surface area (Å²) in [6.45, 7) is 1.86. The Morgan fingerprint density at radius 1 is 1.43 bits per heavy atom. The number of carbonyl (C=O) groups excluding carboxylic acids is 2. The number of nitrogens with zero attached hydrogens (tertiary/aromatic N) is 2. The van der Waals surface area contributed by atoms with Gasteiger partial charge in [0.2, 0.25) is 0 Å². The number of methoxy groups -OCH3 is 1. The molecule has 2 atom stereocenters. The first-order valence-electron chi connectivity index (χ1n) is 7.28. The van der Waals surface area contributed by atoms with Crippen molar-refractivity contribution in [3.05, 3.63) is 52.2 Å². The molecule has 0 N–H and O–H groups in total. The van der Waals surface area contributed by atoms with Crippen LogP contribution in [0.15, 0.2) is 36.5 Å². The Morgan fingerprint density at radius 2 is 2.09 bits per heavy atom. The molecule has 7 nitrogen and oxygen atoms in total. The molecule has 0 saturated carbocycles. The van der Waals surface area contributed by atoms with Crippen molar-refractivity contribution in [2.75, 3.05) is 7.11 Å². The highest BCUT2D eigenvalue weighted by molar-refractivity contribution is 5.91. The van der Waals surface area contributed by atoms with Gasteiger partial charge in [0.1, 0.15) is 6.04 Å². The lowest BCUT2D eigenvalue weighted by Gasteiger charge is -2.37. The zero-order valence-electron chi connectivity index (χ0n) is 13.0. The average Bonchev–Trinajstić information content (AvgIpc) is 2.56. The fraction of sp³-hybridized carbons (Fsp3) is 0.375. The monoisotopic (exact) mass is 318 g/mol. The van der Waals surface area contributed by atoms with Gasteiger partial charge in [-0.25, -0.2) is 4.79 Å². The van der Waals surface area contributed by atoms with Crippen LogP contribution in [0.1, 0.15) is 31.4 Å². The first kappa shape index (κ1) is 16.7. The van der Waals surface area contributed by atoms with Crippen LogP contribution in [-0.4, -0.2) is 34.7 Å². The Hall–Kier alpha value is -2.70. The molecule has 0 fully saturated rings. The molecule has 122 valence electrons. The van der Waals surface area contributed by atoms with Crippen molar-refractivity contribution in [2.45, 2.75) is 31.8 Å². The number of esters is 1. The fourth-order valence-corrected chi connectivity index (χ4v) is 2.70. The van der Waals surface area contributed by atoms with E-state index in [1.165, 1.54) is 25.3 Å². The van der Waals surface area contributed by atoms with Crippen LogP contribution >= 0.6 is 0 Å². The van der Waals surface area contributed by atoms with E-state index in [2.05, 4.69) is 0 Å². The lowest BCUT2D eigenvalue weighted by molar-refractivity contribution is -0.384. The number of benzene rings is 1. The maximum atomic E-state index is 12.0. The van der Waals surface area contributed by atoms with Crippen LogP contribution in [0, 0.1) is 10.1 Å². The second kappa shape index (κ2) is 7.04. The Balaban J connectivity index is 2.35. The average molecular weight is 318 g/mol. The number of allylic oxidation sites excluding steroid dienone is 1. The van der Waals surface area contributed by atoms with E-state index in [1.807, 2.05) is 6.92 Å². The number of rotatable bonds is 5. The summed E-state index contributed by atoms with van der Waals surface area (Å²) >= 11 is 0. The summed E-state index contributed by atoms with van der Waals surface area (Å²) in [5.41, 5.74) is 0.730. The predicted octanol–water partition coefficient (Wildman–Crippen LogP) is 2.38. The van der Waals surface area contributed by atoms with E-state index in [-0.39, 0.29) is 29.9 Å². The molecule has 2 rings (SSSR count). The summed E-state index contributed by atoms with van der Waals surface area (Å²) in [6, 6.07) is 5.17. The summed E-state index contributed by atoms with van der Waals surface area (Å²) in [6.07, 6.45) is 3.77. The zero-order valence-corrected chi connectivity index (χ0v) is 13.0. The van der Waals surface area contributed by atoms with Gasteiger partial charge < -0.3 is 9.64 Å². The van der Waals surface area contributed by atoms with E-state index in [1.54, 1.807) is 23.2 Å². The molecule has 1 aromatic rings. The molecule has 0 bridgehead atoms. The quantitative estimate of drug-likeness (QED) is 0.470. The van der Waals surface area contributed by atoms with Crippen LogP contribution in [0.4, 0.5) is 5.69 Å². The van der Waals surface area contributed by atoms with E-state index in [0.717, 1.165) is 5.56 Å². The van der Waals surface area contributed by atoms with Gasteiger partial charge >= 0.3 is 5.97 Å². The second-order valence-electron chi connectivity index (χ2n) is 5.25. The van der Waals surface area contributed by atoms with Crippen molar-refractivity contribution in [1.29, 1.82) is 0 Å². The van der Waals surface area contributed by atoms with E-state index < -0.39 is 11.0 Å². The minimum absolute atomic E-state index is 0.0158. The maximum Gasteiger partial charge on any atom is 0.328 e. The molecule has 1 aromatic carbocycles. The third-order valence-electron chi connectivity index (χ3n) is 3.90. The van der Waals surface area contributed by atoms with Crippen LogP contribution in [0.2, 0.25) is 0 Å². The lowest BCUT2D eigenvalue weighted by atomic mass is 9.95. The molecule has 0 radical (unpaired) electrons. The summed E-state index contributed by atoms with van der Waals surface area (Å²) in [7, 11) is 1.32. The number of hydrogen-bond acceptors (Lipinski definition) is 6. The number of ketones is 1. The molecule has 0 aromatic heterocycles. The summed E-state index contributed by atoms with van der Waals surface area (Å²) in [5, 5.41) is 10.8. The number of non-ortho nitro benzene ring substituents is 1. The molecule has 0 aliphatic carbocycles. The van der Waals surface area contributed by atoms with Crippen LogP contribution in [0.25, 0.3) is 0 Å². The van der Waals surface area contributed by atoms with Gasteiger partial charge in [0, 0.05) is 24.8 Å². The normalized spacial score (nSPS) is 18.6. The Kier molecular flexibility index (Phi) is 5.10. The molecule has 0 amide bonds. The largest absolute Gasteiger partial charge is 0.467 e. The molecule has 1 heterocycles.